The van der Waals surface area contributed by atoms with Gasteiger partial charge < -0.3 is 29.9 Å². The van der Waals surface area contributed by atoms with Crippen LogP contribution in [0.5, 0.6) is 0 Å². The van der Waals surface area contributed by atoms with Crippen LogP contribution >= 0.6 is 0 Å². The number of carbonyl (C=O) groups is 1. The number of allylic oxidation sites excluding steroid dienone is 4. The van der Waals surface area contributed by atoms with Gasteiger partial charge in [-0.15, -0.1) is 0 Å². The van der Waals surface area contributed by atoms with Crippen LogP contribution in [0.4, 0.5) is 0 Å². The van der Waals surface area contributed by atoms with Gasteiger partial charge in [-0.1, -0.05) is 84.4 Å². The molecule has 5 rings (SSSR count). The second-order valence-electron chi connectivity index (χ2n) is 18.6. The van der Waals surface area contributed by atoms with E-state index in [9.17, 15) is 25.2 Å². The molecule has 0 spiro atoms. The fourth-order valence-electron chi connectivity index (χ4n) is 12.4. The van der Waals surface area contributed by atoms with Gasteiger partial charge in [0.15, 0.2) is 0 Å². The predicted molar refractivity (Wildman–Crippen MR) is 193 cm³/mol. The van der Waals surface area contributed by atoms with Crippen molar-refractivity contribution in [2.75, 3.05) is 20.3 Å². The van der Waals surface area contributed by atoms with Gasteiger partial charge in [0.25, 0.3) is 0 Å². The van der Waals surface area contributed by atoms with Crippen molar-refractivity contribution < 1.29 is 34.7 Å². The standard InChI is InChI=1S/C42H66O7/c1-25(18-21-48-10)12-11-13-27(24-43)26(2)49-36-35(37(46)47)34-28(22-38(36,3)4)29-14-15-32-40(7)19-17-33(45)39(5,6)31(40)16-20-41(32,8)42(29,9)23-30(34)44/h13-14,18,28,30-36,43-45H,2,11-12,15-17,19-24H2,1,3-10H3,(H,46,47)/b25-18+,27-13+/t28?,30-,31?,32?,33+,34?,35+,36+,40+,41-,42-/m1/s1. The maximum atomic E-state index is 13.3. The summed E-state index contributed by atoms with van der Waals surface area (Å²) in [6, 6.07) is 0. The fourth-order valence-corrected chi connectivity index (χ4v) is 12.4. The molecule has 4 fully saturated rings. The van der Waals surface area contributed by atoms with Gasteiger partial charge in [0.2, 0.25) is 0 Å². The highest BCUT2D eigenvalue weighted by atomic mass is 16.5. The van der Waals surface area contributed by atoms with E-state index in [1.807, 2.05) is 19.1 Å². The number of carboxylic acid groups (broad SMARTS) is 1. The molecule has 4 unspecified atom stereocenters. The van der Waals surface area contributed by atoms with Crippen LogP contribution in [-0.2, 0) is 14.3 Å². The first-order valence-electron chi connectivity index (χ1n) is 18.9. The van der Waals surface area contributed by atoms with Crippen LogP contribution in [-0.4, -0.2) is 65.0 Å². The van der Waals surface area contributed by atoms with Crippen molar-refractivity contribution in [3.63, 3.8) is 0 Å². The zero-order valence-electron chi connectivity index (χ0n) is 31.8. The maximum Gasteiger partial charge on any atom is 0.310 e. The summed E-state index contributed by atoms with van der Waals surface area (Å²) in [5.41, 5.74) is 2.22. The lowest BCUT2D eigenvalue weighted by molar-refractivity contribution is -0.216. The molecule has 0 bridgehead atoms. The first-order chi connectivity index (χ1) is 22.8. The van der Waals surface area contributed by atoms with Crippen LogP contribution in [0, 0.1) is 56.7 Å². The molecule has 0 saturated heterocycles. The largest absolute Gasteiger partial charge is 0.489 e. The molecule has 0 amide bonds. The lowest BCUT2D eigenvalue weighted by Crippen LogP contribution is -2.66. The first kappa shape index (κ1) is 38.3. The molecule has 0 heterocycles. The van der Waals surface area contributed by atoms with Gasteiger partial charge in [0, 0.05) is 24.0 Å². The minimum absolute atomic E-state index is 0.0465. The molecule has 0 aliphatic heterocycles. The van der Waals surface area contributed by atoms with Gasteiger partial charge in [-0.2, -0.15) is 0 Å². The Hall–Kier alpha value is -1.93. The second-order valence-corrected chi connectivity index (χ2v) is 18.6. The molecule has 7 heteroatoms. The summed E-state index contributed by atoms with van der Waals surface area (Å²) in [6.07, 6.45) is 12.3. The Morgan fingerprint density at radius 1 is 1.02 bits per heavy atom. The summed E-state index contributed by atoms with van der Waals surface area (Å²) in [7, 11) is 1.66. The first-order valence-corrected chi connectivity index (χ1v) is 18.9. The Labute approximate surface area is 295 Å². The number of carboxylic acids is 1. The van der Waals surface area contributed by atoms with Crippen molar-refractivity contribution in [2.24, 2.45) is 56.7 Å². The fraction of sp³-hybridized carbons (Fsp3) is 0.786. The second kappa shape index (κ2) is 13.6. The molecule has 0 aromatic heterocycles. The van der Waals surface area contributed by atoms with E-state index in [0.717, 1.165) is 38.5 Å². The number of aliphatic carboxylic acids is 1. The van der Waals surface area contributed by atoms with Crippen molar-refractivity contribution in [3.8, 4) is 0 Å². The molecule has 4 N–H and O–H groups in total. The molecule has 5 aliphatic rings. The quantitative estimate of drug-likeness (QED) is 0.105. The van der Waals surface area contributed by atoms with E-state index in [2.05, 4.69) is 61.1 Å². The average molecular weight is 683 g/mol. The number of aliphatic hydroxyl groups is 3. The molecule has 0 aromatic carbocycles. The zero-order chi connectivity index (χ0) is 36.3. The minimum atomic E-state index is -0.951. The van der Waals surface area contributed by atoms with Gasteiger partial charge in [-0.05, 0) is 104 Å². The van der Waals surface area contributed by atoms with E-state index >= 15 is 0 Å². The third kappa shape index (κ3) is 6.21. The summed E-state index contributed by atoms with van der Waals surface area (Å²) in [5, 5.41) is 44.4. The number of hydrogen-bond donors (Lipinski definition) is 4. The van der Waals surface area contributed by atoms with Crippen LogP contribution in [0.3, 0.4) is 0 Å². The summed E-state index contributed by atoms with van der Waals surface area (Å²) in [4.78, 5) is 13.3. The van der Waals surface area contributed by atoms with Crippen molar-refractivity contribution >= 4 is 5.97 Å². The van der Waals surface area contributed by atoms with Crippen LogP contribution in [0.2, 0.25) is 0 Å². The van der Waals surface area contributed by atoms with E-state index < -0.39 is 35.4 Å². The summed E-state index contributed by atoms with van der Waals surface area (Å²) in [6.45, 7) is 22.5. The lowest BCUT2D eigenvalue weighted by Gasteiger charge is -2.71. The number of aliphatic hydroxyl groups excluding tert-OH is 3. The molecule has 276 valence electrons. The zero-order valence-corrected chi connectivity index (χ0v) is 31.8. The van der Waals surface area contributed by atoms with Gasteiger partial charge in [0.05, 0.1) is 31.3 Å². The van der Waals surface area contributed by atoms with E-state index in [4.69, 9.17) is 9.47 Å². The summed E-state index contributed by atoms with van der Waals surface area (Å²) < 4.78 is 11.7. The molecule has 49 heavy (non-hydrogen) atoms. The van der Waals surface area contributed by atoms with Crippen molar-refractivity contribution in [3.05, 3.63) is 47.3 Å². The average Bonchev–Trinajstić information content (AvgIpc) is 3.01. The van der Waals surface area contributed by atoms with Gasteiger partial charge in [-0.3, -0.25) is 4.79 Å². The molecule has 7 nitrogen and oxygen atoms in total. The topological polar surface area (TPSA) is 116 Å². The van der Waals surface area contributed by atoms with Gasteiger partial charge in [0.1, 0.15) is 11.9 Å². The highest BCUT2D eigenvalue weighted by Gasteiger charge is 2.69. The Bertz CT molecular complexity index is 1370. The summed E-state index contributed by atoms with van der Waals surface area (Å²) in [5.74, 6) is -1.26. The van der Waals surface area contributed by atoms with Crippen molar-refractivity contribution in [1.82, 2.24) is 0 Å². The highest BCUT2D eigenvalue weighted by molar-refractivity contribution is 5.72. The van der Waals surface area contributed by atoms with E-state index in [1.165, 1.54) is 11.1 Å². The predicted octanol–water partition coefficient (Wildman–Crippen LogP) is 7.86. The van der Waals surface area contributed by atoms with E-state index in [-0.39, 0.29) is 40.3 Å². The molecule has 5 aliphatic carbocycles. The molecular weight excluding hydrogens is 616 g/mol. The number of ether oxygens (including phenoxy) is 2. The normalized spacial score (nSPS) is 42.9. The molecule has 4 saturated carbocycles. The smallest absolute Gasteiger partial charge is 0.310 e. The monoisotopic (exact) mass is 682 g/mol. The molecule has 0 aromatic rings. The summed E-state index contributed by atoms with van der Waals surface area (Å²) >= 11 is 0. The van der Waals surface area contributed by atoms with Crippen LogP contribution in [0.1, 0.15) is 113 Å². The lowest BCUT2D eigenvalue weighted by atomic mass is 9.34. The Balaban J connectivity index is 1.45. The number of fused-ring (bicyclic) bond motifs is 7. The van der Waals surface area contributed by atoms with Gasteiger partial charge >= 0.3 is 5.97 Å². The van der Waals surface area contributed by atoms with Crippen LogP contribution in [0.25, 0.3) is 0 Å². The Morgan fingerprint density at radius 3 is 2.35 bits per heavy atom. The Kier molecular flexibility index (Phi) is 10.6. The highest BCUT2D eigenvalue weighted by Crippen LogP contribution is 2.74. The van der Waals surface area contributed by atoms with Crippen molar-refractivity contribution in [2.45, 2.75) is 131 Å². The number of rotatable bonds is 10. The number of methoxy groups -OCH3 is 1. The molecular formula is C42H66O7. The minimum Gasteiger partial charge on any atom is -0.489 e. The molecule has 11 atom stereocenters. The SMILES string of the molecule is C=C(O[C@H]1[C@@H](C(=O)O)C2C(CC1(C)C)C1=CCC3[C@@]4(C)CC[C@H](O)C(C)(C)C4CC[C@@]3(C)[C@]1(C)C[C@H]2O)/C(=C/CC/C(C)=C/COC)CO. The maximum absolute atomic E-state index is 13.3. The number of hydrogen-bond acceptors (Lipinski definition) is 6. The van der Waals surface area contributed by atoms with Crippen LogP contribution < -0.4 is 0 Å². The molecule has 0 radical (unpaired) electrons. The third-order valence-corrected chi connectivity index (χ3v) is 15.3. The Morgan fingerprint density at radius 2 is 1.71 bits per heavy atom. The van der Waals surface area contributed by atoms with E-state index in [1.54, 1.807) is 7.11 Å². The third-order valence-electron chi connectivity index (χ3n) is 15.3. The van der Waals surface area contributed by atoms with E-state index in [0.29, 0.717) is 49.0 Å². The van der Waals surface area contributed by atoms with Gasteiger partial charge in [-0.25, -0.2) is 0 Å². The van der Waals surface area contributed by atoms with Crippen LogP contribution in [0.15, 0.2) is 47.3 Å². The van der Waals surface area contributed by atoms with Crippen molar-refractivity contribution in [1.29, 1.82) is 0 Å².